The molecule has 0 saturated carbocycles. The Labute approximate surface area is 54.2 Å². The summed E-state index contributed by atoms with van der Waals surface area (Å²) in [5.41, 5.74) is 0. The van der Waals surface area contributed by atoms with Gasteiger partial charge in [0.25, 0.3) is 0 Å². The van der Waals surface area contributed by atoms with Gasteiger partial charge >= 0.3 is 7.60 Å². The average Bonchev–Trinajstić information content (AvgIpc) is 2.16. The molecule has 1 rings (SSSR count). The molecular weight excluding hydrogens is 139 g/mol. The summed E-state index contributed by atoms with van der Waals surface area (Å²) in [4.78, 5) is 0. The summed E-state index contributed by atoms with van der Waals surface area (Å²) < 4.78 is 20.7. The Kier molecular flexibility index (Phi) is 2.06. The third-order valence-corrected chi connectivity index (χ3v) is 2.71. The second kappa shape index (κ2) is 2.65. The van der Waals surface area contributed by atoms with E-state index >= 15 is 0 Å². The molecule has 1 saturated heterocycles. The van der Waals surface area contributed by atoms with Gasteiger partial charge in [-0.05, 0) is 6.92 Å². The van der Waals surface area contributed by atoms with Crippen LogP contribution in [0.5, 0.6) is 0 Å². The van der Waals surface area contributed by atoms with Crippen LogP contribution in [-0.2, 0) is 13.6 Å². The lowest BCUT2D eigenvalue weighted by atomic mass is 10.8. The van der Waals surface area contributed by atoms with Crippen LogP contribution in [0.3, 0.4) is 0 Å². The molecule has 3 nitrogen and oxygen atoms in total. The summed E-state index contributed by atoms with van der Waals surface area (Å²) in [5, 5.41) is 0. The molecule has 9 heavy (non-hydrogen) atoms. The van der Waals surface area contributed by atoms with E-state index in [1.165, 1.54) is 5.82 Å². The second-order valence-corrected chi connectivity index (χ2v) is 3.58. The Morgan fingerprint density at radius 2 is 2.00 bits per heavy atom. The molecule has 1 aliphatic heterocycles. The quantitative estimate of drug-likeness (QED) is 0.531. The largest absolute Gasteiger partial charge is 0.354 e. The van der Waals surface area contributed by atoms with Crippen molar-refractivity contribution in [1.82, 2.24) is 0 Å². The van der Waals surface area contributed by atoms with Crippen molar-refractivity contribution < 1.29 is 13.6 Å². The van der Waals surface area contributed by atoms with E-state index < -0.39 is 7.60 Å². The molecule has 52 valence electrons. The molecule has 0 bridgehead atoms. The van der Waals surface area contributed by atoms with Crippen molar-refractivity contribution in [3.05, 3.63) is 11.9 Å². The lowest BCUT2D eigenvalue weighted by Crippen LogP contribution is -1.79. The van der Waals surface area contributed by atoms with E-state index in [1.807, 2.05) is 0 Å². The first-order valence-corrected chi connectivity index (χ1v) is 4.41. The standard InChI is InChI=1S/C5H9O3P/c1-2-5-9(6)7-3-4-8-9/h2,5H,3-4H2,1H3. The summed E-state index contributed by atoms with van der Waals surface area (Å²) >= 11 is 0. The molecular formula is C5H9O3P. The van der Waals surface area contributed by atoms with Crippen LogP contribution in [0.1, 0.15) is 6.92 Å². The molecule has 0 aromatic heterocycles. The minimum atomic E-state index is -2.75. The summed E-state index contributed by atoms with van der Waals surface area (Å²) in [6, 6.07) is 0. The fourth-order valence-electron chi connectivity index (χ4n) is 0.635. The van der Waals surface area contributed by atoms with Crippen LogP contribution in [0.4, 0.5) is 0 Å². The monoisotopic (exact) mass is 148 g/mol. The zero-order valence-corrected chi connectivity index (χ0v) is 6.14. The third-order valence-electron chi connectivity index (χ3n) is 0.957. The maximum atomic E-state index is 11.1. The van der Waals surface area contributed by atoms with Gasteiger partial charge in [-0.2, -0.15) is 0 Å². The molecule has 0 N–H and O–H groups in total. The number of allylic oxidation sites excluding steroid dienone is 1. The van der Waals surface area contributed by atoms with Crippen molar-refractivity contribution in [2.24, 2.45) is 0 Å². The zero-order chi connectivity index (χ0) is 6.74. The van der Waals surface area contributed by atoms with Gasteiger partial charge in [-0.3, -0.25) is 4.57 Å². The lowest BCUT2D eigenvalue weighted by Gasteiger charge is -2.00. The van der Waals surface area contributed by atoms with Gasteiger partial charge in [0.1, 0.15) is 0 Å². The summed E-state index contributed by atoms with van der Waals surface area (Å²) in [5.74, 6) is 1.47. The number of rotatable bonds is 1. The normalized spacial score (nSPS) is 25.4. The minimum absolute atomic E-state index is 0.446. The molecule has 1 aliphatic rings. The van der Waals surface area contributed by atoms with Crippen molar-refractivity contribution in [2.75, 3.05) is 13.2 Å². The van der Waals surface area contributed by atoms with Crippen molar-refractivity contribution in [3.63, 3.8) is 0 Å². The highest BCUT2D eigenvalue weighted by Crippen LogP contribution is 2.52. The van der Waals surface area contributed by atoms with Gasteiger partial charge in [-0.15, -0.1) is 0 Å². The molecule has 1 heterocycles. The molecule has 0 aliphatic carbocycles. The summed E-state index contributed by atoms with van der Waals surface area (Å²) in [7, 11) is -2.75. The van der Waals surface area contributed by atoms with E-state index in [0.29, 0.717) is 13.2 Å². The molecule has 0 aromatic rings. The SMILES string of the molecule is CC=CP1(=O)OCCO1. The smallest absolute Gasteiger partial charge is 0.303 e. The predicted molar refractivity (Wildman–Crippen MR) is 34.3 cm³/mol. The van der Waals surface area contributed by atoms with Crippen molar-refractivity contribution in [1.29, 1.82) is 0 Å². The molecule has 0 atom stereocenters. The number of hydrogen-bond acceptors (Lipinski definition) is 3. The highest BCUT2D eigenvalue weighted by Gasteiger charge is 2.25. The van der Waals surface area contributed by atoms with Gasteiger partial charge < -0.3 is 9.05 Å². The van der Waals surface area contributed by atoms with Gasteiger partial charge in [0.2, 0.25) is 0 Å². The topological polar surface area (TPSA) is 35.5 Å². The van der Waals surface area contributed by atoms with E-state index in [9.17, 15) is 4.57 Å². The van der Waals surface area contributed by atoms with E-state index in [-0.39, 0.29) is 0 Å². The van der Waals surface area contributed by atoms with Gasteiger partial charge in [0.05, 0.1) is 13.2 Å². The van der Waals surface area contributed by atoms with Crippen LogP contribution in [-0.4, -0.2) is 13.2 Å². The van der Waals surface area contributed by atoms with Crippen molar-refractivity contribution >= 4 is 7.60 Å². The van der Waals surface area contributed by atoms with Gasteiger partial charge in [0.15, 0.2) is 0 Å². The summed E-state index contributed by atoms with van der Waals surface area (Å²) in [6.07, 6.45) is 1.67. The molecule has 0 amide bonds. The van der Waals surface area contributed by atoms with Crippen LogP contribution in [0.15, 0.2) is 11.9 Å². The van der Waals surface area contributed by atoms with Crippen molar-refractivity contribution in [3.8, 4) is 0 Å². The average molecular weight is 148 g/mol. The fourth-order valence-corrected chi connectivity index (χ4v) is 1.90. The Morgan fingerprint density at radius 1 is 1.44 bits per heavy atom. The highest BCUT2D eigenvalue weighted by molar-refractivity contribution is 7.57. The molecule has 4 heteroatoms. The first-order chi connectivity index (χ1) is 4.27. The van der Waals surface area contributed by atoms with E-state index in [0.717, 1.165) is 0 Å². The van der Waals surface area contributed by atoms with E-state index in [2.05, 4.69) is 0 Å². The molecule has 1 fully saturated rings. The second-order valence-electron chi connectivity index (χ2n) is 1.69. The van der Waals surface area contributed by atoms with Gasteiger partial charge in [-0.1, -0.05) is 6.08 Å². The lowest BCUT2D eigenvalue weighted by molar-refractivity contribution is 0.364. The fraction of sp³-hybridized carbons (Fsp3) is 0.600. The van der Waals surface area contributed by atoms with E-state index in [1.54, 1.807) is 13.0 Å². The molecule has 0 radical (unpaired) electrons. The zero-order valence-electron chi connectivity index (χ0n) is 5.24. The summed E-state index contributed by atoms with van der Waals surface area (Å²) in [6.45, 7) is 2.67. The van der Waals surface area contributed by atoms with Gasteiger partial charge in [-0.25, -0.2) is 0 Å². The number of hydrogen-bond donors (Lipinski definition) is 0. The predicted octanol–water partition coefficient (Wildman–Crippen LogP) is 1.76. The van der Waals surface area contributed by atoms with Crippen LogP contribution < -0.4 is 0 Å². The Hall–Kier alpha value is -0.110. The first-order valence-electron chi connectivity index (χ1n) is 2.79. The third kappa shape index (κ3) is 1.65. The van der Waals surface area contributed by atoms with Crippen LogP contribution in [0, 0.1) is 0 Å². The van der Waals surface area contributed by atoms with Gasteiger partial charge in [0, 0.05) is 5.82 Å². The Bertz CT molecular complexity index is 154. The highest BCUT2D eigenvalue weighted by atomic mass is 31.2. The molecule has 0 unspecified atom stereocenters. The van der Waals surface area contributed by atoms with Crippen LogP contribution in [0.2, 0.25) is 0 Å². The van der Waals surface area contributed by atoms with Crippen LogP contribution >= 0.6 is 7.60 Å². The Morgan fingerprint density at radius 3 is 2.44 bits per heavy atom. The maximum Gasteiger partial charge on any atom is 0.354 e. The van der Waals surface area contributed by atoms with Crippen LogP contribution in [0.25, 0.3) is 0 Å². The Balaban J connectivity index is 2.62. The van der Waals surface area contributed by atoms with Crippen molar-refractivity contribution in [2.45, 2.75) is 6.92 Å². The van der Waals surface area contributed by atoms with E-state index in [4.69, 9.17) is 9.05 Å². The molecule has 0 aromatic carbocycles. The minimum Gasteiger partial charge on any atom is -0.303 e. The molecule has 0 spiro atoms. The maximum absolute atomic E-state index is 11.1. The first kappa shape index (κ1) is 7.00.